The SMILES string of the molecule is Cc1ccc(-n2ncc3c(=O)n4c(nc32)SCC4CC(=O)Nc2ccncc2)cc1. The van der Waals surface area contributed by atoms with E-state index in [0.717, 1.165) is 11.3 Å². The van der Waals surface area contributed by atoms with Crippen LogP contribution >= 0.6 is 11.8 Å². The van der Waals surface area contributed by atoms with Crippen LogP contribution in [0.3, 0.4) is 0 Å². The molecule has 1 N–H and O–H groups in total. The number of carbonyl (C=O) groups is 1. The zero-order valence-corrected chi connectivity index (χ0v) is 17.0. The minimum absolute atomic E-state index is 0.151. The second kappa shape index (κ2) is 7.42. The van der Waals surface area contributed by atoms with Gasteiger partial charge in [-0.25, -0.2) is 9.67 Å². The molecule has 1 aromatic carbocycles. The maximum absolute atomic E-state index is 13.2. The second-order valence-corrected chi connectivity index (χ2v) is 8.14. The van der Waals surface area contributed by atoms with E-state index < -0.39 is 0 Å². The van der Waals surface area contributed by atoms with Gasteiger partial charge in [0.2, 0.25) is 5.91 Å². The molecule has 4 aromatic rings. The van der Waals surface area contributed by atoms with Crippen LogP contribution in [0.4, 0.5) is 5.69 Å². The Morgan fingerprint density at radius 2 is 1.97 bits per heavy atom. The van der Waals surface area contributed by atoms with Crippen LogP contribution in [0.25, 0.3) is 16.7 Å². The van der Waals surface area contributed by atoms with Gasteiger partial charge in [0, 0.05) is 30.3 Å². The molecule has 0 saturated heterocycles. The minimum atomic E-state index is -0.251. The van der Waals surface area contributed by atoms with Crippen molar-refractivity contribution in [2.24, 2.45) is 0 Å². The summed E-state index contributed by atoms with van der Waals surface area (Å²) in [5.41, 5.74) is 3.04. The summed E-state index contributed by atoms with van der Waals surface area (Å²) in [5, 5.41) is 8.29. The van der Waals surface area contributed by atoms with Gasteiger partial charge in [-0.2, -0.15) is 5.10 Å². The average Bonchev–Trinajstić information content (AvgIpc) is 3.34. The molecule has 3 aromatic heterocycles. The number of aromatic nitrogens is 5. The zero-order valence-electron chi connectivity index (χ0n) is 16.1. The number of benzene rings is 1. The Kier molecular flexibility index (Phi) is 4.59. The first-order chi connectivity index (χ1) is 14.6. The molecule has 0 spiro atoms. The Morgan fingerprint density at radius 3 is 2.73 bits per heavy atom. The van der Waals surface area contributed by atoms with E-state index >= 15 is 0 Å². The van der Waals surface area contributed by atoms with E-state index in [1.54, 1.807) is 40.0 Å². The molecule has 30 heavy (non-hydrogen) atoms. The Balaban J connectivity index is 1.46. The molecule has 1 amide bonds. The summed E-state index contributed by atoms with van der Waals surface area (Å²) in [6.45, 7) is 2.02. The fourth-order valence-corrected chi connectivity index (χ4v) is 4.65. The van der Waals surface area contributed by atoms with Crippen LogP contribution in [-0.4, -0.2) is 36.0 Å². The van der Waals surface area contributed by atoms with Crippen molar-refractivity contribution >= 4 is 34.4 Å². The number of anilines is 1. The van der Waals surface area contributed by atoms with E-state index in [1.807, 2.05) is 31.2 Å². The van der Waals surface area contributed by atoms with Crippen molar-refractivity contribution in [3.8, 4) is 5.69 Å². The van der Waals surface area contributed by atoms with E-state index in [0.29, 0.717) is 27.6 Å². The number of amides is 1. The van der Waals surface area contributed by atoms with E-state index in [-0.39, 0.29) is 23.9 Å². The van der Waals surface area contributed by atoms with Crippen LogP contribution < -0.4 is 10.9 Å². The van der Waals surface area contributed by atoms with Crippen molar-refractivity contribution in [2.75, 3.05) is 11.1 Å². The Bertz CT molecular complexity index is 1300. The van der Waals surface area contributed by atoms with Gasteiger partial charge < -0.3 is 5.32 Å². The lowest BCUT2D eigenvalue weighted by Gasteiger charge is -2.13. The standard InChI is InChI=1S/C21H18N6O2S/c1-13-2-4-15(5-3-13)27-19-17(11-23-27)20(29)26-16(12-30-21(26)25-19)10-18(28)24-14-6-8-22-9-7-14/h2-9,11,16H,10,12H2,1H3,(H,22,24,28). The molecule has 8 nitrogen and oxygen atoms in total. The Labute approximate surface area is 176 Å². The van der Waals surface area contributed by atoms with Crippen molar-refractivity contribution in [3.05, 3.63) is 70.9 Å². The summed E-state index contributed by atoms with van der Waals surface area (Å²) in [5.74, 6) is 0.471. The van der Waals surface area contributed by atoms with Crippen molar-refractivity contribution in [1.82, 2.24) is 24.3 Å². The predicted molar refractivity (Wildman–Crippen MR) is 115 cm³/mol. The van der Waals surface area contributed by atoms with Gasteiger partial charge in [-0.05, 0) is 31.2 Å². The molecule has 1 atom stereocenters. The number of hydrogen-bond acceptors (Lipinski definition) is 6. The maximum Gasteiger partial charge on any atom is 0.265 e. The van der Waals surface area contributed by atoms with Gasteiger partial charge in [-0.15, -0.1) is 0 Å². The first-order valence-electron chi connectivity index (χ1n) is 9.50. The molecule has 1 aliphatic rings. The molecule has 0 radical (unpaired) electrons. The van der Waals surface area contributed by atoms with Crippen LogP contribution in [0.5, 0.6) is 0 Å². The van der Waals surface area contributed by atoms with E-state index in [4.69, 9.17) is 4.98 Å². The van der Waals surface area contributed by atoms with Crippen LogP contribution in [0.1, 0.15) is 18.0 Å². The molecule has 0 bridgehead atoms. The number of rotatable bonds is 4. The first-order valence-corrected chi connectivity index (χ1v) is 10.5. The van der Waals surface area contributed by atoms with Gasteiger partial charge in [0.15, 0.2) is 10.8 Å². The summed E-state index contributed by atoms with van der Waals surface area (Å²) in [4.78, 5) is 34.3. The van der Waals surface area contributed by atoms with E-state index in [1.165, 1.54) is 11.8 Å². The summed E-state index contributed by atoms with van der Waals surface area (Å²) in [7, 11) is 0. The third-order valence-corrected chi connectivity index (χ3v) is 6.13. The number of aryl methyl sites for hydroxylation is 1. The van der Waals surface area contributed by atoms with Gasteiger partial charge in [0.05, 0.1) is 17.9 Å². The molecule has 9 heteroatoms. The average molecular weight is 418 g/mol. The van der Waals surface area contributed by atoms with Crippen molar-refractivity contribution in [1.29, 1.82) is 0 Å². The molecule has 4 heterocycles. The van der Waals surface area contributed by atoms with Crippen molar-refractivity contribution in [2.45, 2.75) is 24.5 Å². The number of pyridine rings is 1. The van der Waals surface area contributed by atoms with Crippen LogP contribution in [0.15, 0.2) is 64.9 Å². The lowest BCUT2D eigenvalue weighted by atomic mass is 10.2. The van der Waals surface area contributed by atoms with Crippen LogP contribution in [0, 0.1) is 6.92 Å². The molecular weight excluding hydrogens is 400 g/mol. The Hall–Kier alpha value is -3.46. The third-order valence-electron chi connectivity index (χ3n) is 5.03. The molecule has 150 valence electrons. The highest BCUT2D eigenvalue weighted by atomic mass is 32.2. The van der Waals surface area contributed by atoms with Crippen molar-refractivity contribution in [3.63, 3.8) is 0 Å². The van der Waals surface area contributed by atoms with E-state index in [2.05, 4.69) is 15.4 Å². The largest absolute Gasteiger partial charge is 0.326 e. The molecular formula is C21H18N6O2S. The minimum Gasteiger partial charge on any atom is -0.326 e. The number of thioether (sulfide) groups is 1. The second-order valence-electron chi connectivity index (χ2n) is 7.15. The molecule has 0 fully saturated rings. The monoisotopic (exact) mass is 418 g/mol. The summed E-state index contributed by atoms with van der Waals surface area (Å²) >= 11 is 1.48. The van der Waals surface area contributed by atoms with Gasteiger partial charge in [0.1, 0.15) is 5.39 Å². The molecule has 0 saturated carbocycles. The fourth-order valence-electron chi connectivity index (χ4n) is 3.52. The topological polar surface area (TPSA) is 94.7 Å². The zero-order chi connectivity index (χ0) is 20.7. The first kappa shape index (κ1) is 18.6. The predicted octanol–water partition coefficient (Wildman–Crippen LogP) is 2.96. The smallest absolute Gasteiger partial charge is 0.265 e. The number of carbonyl (C=O) groups excluding carboxylic acids is 1. The summed E-state index contributed by atoms with van der Waals surface area (Å²) in [6.07, 6.45) is 4.98. The maximum atomic E-state index is 13.2. The number of nitrogens with zero attached hydrogens (tertiary/aromatic N) is 5. The summed E-state index contributed by atoms with van der Waals surface area (Å²) in [6, 6.07) is 11.1. The Morgan fingerprint density at radius 1 is 1.20 bits per heavy atom. The quantitative estimate of drug-likeness (QED) is 0.512. The van der Waals surface area contributed by atoms with Gasteiger partial charge in [-0.1, -0.05) is 29.5 Å². The normalized spacial score (nSPS) is 15.3. The molecule has 1 unspecified atom stereocenters. The lowest BCUT2D eigenvalue weighted by molar-refractivity contribution is -0.116. The highest BCUT2D eigenvalue weighted by Crippen LogP contribution is 2.33. The molecule has 0 aliphatic carbocycles. The number of hydrogen-bond donors (Lipinski definition) is 1. The fraction of sp³-hybridized carbons (Fsp3) is 0.190. The van der Waals surface area contributed by atoms with Gasteiger partial charge in [0.25, 0.3) is 5.56 Å². The van der Waals surface area contributed by atoms with Crippen LogP contribution in [0.2, 0.25) is 0 Å². The van der Waals surface area contributed by atoms with E-state index in [9.17, 15) is 9.59 Å². The third kappa shape index (κ3) is 3.26. The van der Waals surface area contributed by atoms with Gasteiger partial charge >= 0.3 is 0 Å². The summed E-state index contributed by atoms with van der Waals surface area (Å²) < 4.78 is 3.31. The molecule has 1 aliphatic heterocycles. The van der Waals surface area contributed by atoms with Gasteiger partial charge in [-0.3, -0.25) is 19.1 Å². The highest BCUT2D eigenvalue weighted by Gasteiger charge is 2.29. The van der Waals surface area contributed by atoms with Crippen LogP contribution in [-0.2, 0) is 4.79 Å². The molecule has 5 rings (SSSR count). The number of fused-ring (bicyclic) bond motifs is 2. The van der Waals surface area contributed by atoms with Crippen molar-refractivity contribution < 1.29 is 4.79 Å². The highest BCUT2D eigenvalue weighted by molar-refractivity contribution is 7.99. The lowest BCUT2D eigenvalue weighted by Crippen LogP contribution is -2.27. The number of nitrogens with one attached hydrogen (secondary N) is 1.